The Morgan fingerprint density at radius 1 is 0.667 bits per heavy atom. The minimum absolute atomic E-state index is 0.0207. The molecule has 4 aromatic carbocycles. The smallest absolute Gasteiger partial charge is 0.173 e. The summed E-state index contributed by atoms with van der Waals surface area (Å²) in [5.41, 5.74) is 12.3. The van der Waals surface area contributed by atoms with Gasteiger partial charge in [-0.25, -0.2) is 8.78 Å². The monoisotopic (exact) mass is 366 g/mol. The van der Waals surface area contributed by atoms with Crippen LogP contribution in [0.25, 0.3) is 21.5 Å². The molecule has 4 nitrogen and oxygen atoms in total. The Balaban J connectivity index is 1.86. The number of halogens is 2. The molecule has 0 aliphatic heterocycles. The molecule has 0 amide bonds. The van der Waals surface area contributed by atoms with Crippen molar-refractivity contribution in [2.45, 2.75) is 0 Å². The SMILES string of the molecule is COc1ccc2c(ccc3c(F)c(Oc4ccc(N)cc4N)ccc32)c1F. The van der Waals surface area contributed by atoms with Gasteiger partial charge in [-0.15, -0.1) is 0 Å². The van der Waals surface area contributed by atoms with Crippen LogP contribution in [0.5, 0.6) is 17.2 Å². The van der Waals surface area contributed by atoms with Gasteiger partial charge in [-0.1, -0.05) is 12.1 Å². The van der Waals surface area contributed by atoms with Crippen molar-refractivity contribution in [3.63, 3.8) is 0 Å². The lowest BCUT2D eigenvalue weighted by Crippen LogP contribution is -1.96. The van der Waals surface area contributed by atoms with Crippen molar-refractivity contribution < 1.29 is 18.3 Å². The van der Waals surface area contributed by atoms with Gasteiger partial charge in [0.25, 0.3) is 0 Å². The van der Waals surface area contributed by atoms with E-state index in [-0.39, 0.29) is 11.5 Å². The number of methoxy groups -OCH3 is 1. The molecule has 6 heteroatoms. The van der Waals surface area contributed by atoms with Gasteiger partial charge in [0.2, 0.25) is 0 Å². The number of fused-ring (bicyclic) bond motifs is 3. The van der Waals surface area contributed by atoms with Gasteiger partial charge in [-0.05, 0) is 53.2 Å². The maximum absolute atomic E-state index is 15.0. The Kier molecular flexibility index (Phi) is 3.96. The summed E-state index contributed by atoms with van der Waals surface area (Å²) in [7, 11) is 1.40. The summed E-state index contributed by atoms with van der Waals surface area (Å²) in [4.78, 5) is 0. The van der Waals surface area contributed by atoms with Crippen LogP contribution in [-0.4, -0.2) is 7.11 Å². The molecule has 136 valence electrons. The van der Waals surface area contributed by atoms with E-state index < -0.39 is 11.6 Å². The third kappa shape index (κ3) is 2.75. The van der Waals surface area contributed by atoms with Crippen LogP contribution in [0.3, 0.4) is 0 Å². The zero-order valence-electron chi connectivity index (χ0n) is 14.4. The number of rotatable bonds is 3. The lowest BCUT2D eigenvalue weighted by Gasteiger charge is -2.13. The van der Waals surface area contributed by atoms with E-state index in [0.29, 0.717) is 38.7 Å². The Morgan fingerprint density at radius 3 is 1.78 bits per heavy atom. The predicted octanol–water partition coefficient (Wildman–Crippen LogP) is 5.24. The van der Waals surface area contributed by atoms with Crippen LogP contribution in [0.15, 0.2) is 54.6 Å². The van der Waals surface area contributed by atoms with E-state index in [1.165, 1.54) is 37.4 Å². The van der Waals surface area contributed by atoms with Gasteiger partial charge in [-0.2, -0.15) is 0 Å². The van der Waals surface area contributed by atoms with Crippen molar-refractivity contribution in [3.8, 4) is 17.2 Å². The molecule has 0 aliphatic rings. The second-order valence-corrected chi connectivity index (χ2v) is 6.11. The highest BCUT2D eigenvalue weighted by Crippen LogP contribution is 2.37. The van der Waals surface area contributed by atoms with Crippen LogP contribution < -0.4 is 20.9 Å². The summed E-state index contributed by atoms with van der Waals surface area (Å²) in [5, 5.41) is 1.84. The van der Waals surface area contributed by atoms with E-state index in [2.05, 4.69) is 0 Å². The fourth-order valence-corrected chi connectivity index (χ4v) is 3.12. The van der Waals surface area contributed by atoms with Gasteiger partial charge in [-0.3, -0.25) is 0 Å². The van der Waals surface area contributed by atoms with Crippen molar-refractivity contribution in [3.05, 3.63) is 66.2 Å². The van der Waals surface area contributed by atoms with Crippen molar-refractivity contribution in [2.24, 2.45) is 0 Å². The summed E-state index contributed by atoms with van der Waals surface area (Å²) in [6.07, 6.45) is 0. The molecule has 27 heavy (non-hydrogen) atoms. The number of nitrogens with two attached hydrogens (primary N) is 2. The summed E-state index contributed by atoms with van der Waals surface area (Å²) < 4.78 is 40.1. The third-order valence-corrected chi connectivity index (χ3v) is 4.47. The average molecular weight is 366 g/mol. The minimum atomic E-state index is -0.554. The molecule has 4 N–H and O–H groups in total. The van der Waals surface area contributed by atoms with Crippen molar-refractivity contribution in [2.75, 3.05) is 18.6 Å². The standard InChI is InChI=1S/C21H16F2N2O2/c1-26-18-8-5-12-13-6-9-19(27-17-7-2-11(24)10-16(17)25)21(23)15(13)4-3-14(12)20(18)22/h2-10H,24-25H2,1H3. The lowest BCUT2D eigenvalue weighted by molar-refractivity contribution is 0.389. The highest BCUT2D eigenvalue weighted by atomic mass is 19.1. The number of benzene rings is 4. The van der Waals surface area contributed by atoms with E-state index in [0.717, 1.165) is 0 Å². The highest BCUT2D eigenvalue weighted by Gasteiger charge is 2.15. The van der Waals surface area contributed by atoms with Crippen LogP contribution in [0.2, 0.25) is 0 Å². The maximum Gasteiger partial charge on any atom is 0.173 e. The molecular formula is C21H16F2N2O2. The van der Waals surface area contributed by atoms with E-state index in [4.69, 9.17) is 20.9 Å². The van der Waals surface area contributed by atoms with Gasteiger partial charge in [0.1, 0.15) is 0 Å². The average Bonchev–Trinajstić information content (AvgIpc) is 2.66. The summed E-state index contributed by atoms with van der Waals surface area (Å²) in [6.45, 7) is 0. The second-order valence-electron chi connectivity index (χ2n) is 6.11. The Hall–Kier alpha value is -3.54. The van der Waals surface area contributed by atoms with E-state index >= 15 is 4.39 Å². The van der Waals surface area contributed by atoms with Gasteiger partial charge >= 0.3 is 0 Å². The number of hydrogen-bond acceptors (Lipinski definition) is 4. The number of hydrogen-bond donors (Lipinski definition) is 2. The molecule has 4 rings (SSSR count). The fourth-order valence-electron chi connectivity index (χ4n) is 3.12. The number of anilines is 2. The first-order valence-corrected chi connectivity index (χ1v) is 8.20. The molecule has 0 atom stereocenters. The molecule has 0 spiro atoms. The first-order valence-electron chi connectivity index (χ1n) is 8.20. The molecule has 0 saturated carbocycles. The first-order chi connectivity index (χ1) is 13.0. The Labute approximate surface area is 153 Å². The maximum atomic E-state index is 15.0. The van der Waals surface area contributed by atoms with Crippen LogP contribution in [-0.2, 0) is 0 Å². The topological polar surface area (TPSA) is 70.5 Å². The van der Waals surface area contributed by atoms with Gasteiger partial charge < -0.3 is 20.9 Å². The molecule has 0 unspecified atom stereocenters. The van der Waals surface area contributed by atoms with Crippen LogP contribution >= 0.6 is 0 Å². The van der Waals surface area contributed by atoms with Crippen molar-refractivity contribution in [1.82, 2.24) is 0 Å². The zero-order valence-corrected chi connectivity index (χ0v) is 14.4. The Bertz CT molecular complexity index is 1190. The molecule has 0 bridgehead atoms. The van der Waals surface area contributed by atoms with Gasteiger partial charge in [0.15, 0.2) is 28.9 Å². The van der Waals surface area contributed by atoms with Crippen molar-refractivity contribution in [1.29, 1.82) is 0 Å². The molecule has 0 aliphatic carbocycles. The first kappa shape index (κ1) is 16.9. The third-order valence-electron chi connectivity index (χ3n) is 4.47. The normalized spacial score (nSPS) is 11.1. The van der Waals surface area contributed by atoms with Crippen LogP contribution in [0.4, 0.5) is 20.2 Å². The highest BCUT2D eigenvalue weighted by molar-refractivity contribution is 6.08. The molecule has 0 heterocycles. The van der Waals surface area contributed by atoms with E-state index in [1.807, 2.05) is 0 Å². The lowest BCUT2D eigenvalue weighted by atomic mass is 10.0. The molecular weight excluding hydrogens is 350 g/mol. The zero-order chi connectivity index (χ0) is 19.1. The summed E-state index contributed by atoms with van der Waals surface area (Å²) >= 11 is 0. The van der Waals surface area contributed by atoms with Gasteiger partial charge in [0, 0.05) is 16.5 Å². The van der Waals surface area contributed by atoms with Crippen LogP contribution in [0, 0.1) is 11.6 Å². The second kappa shape index (κ2) is 6.32. The molecule has 0 aromatic heterocycles. The predicted molar refractivity (Wildman–Crippen MR) is 103 cm³/mol. The minimum Gasteiger partial charge on any atom is -0.494 e. The van der Waals surface area contributed by atoms with Gasteiger partial charge in [0.05, 0.1) is 12.8 Å². The van der Waals surface area contributed by atoms with E-state index in [9.17, 15) is 4.39 Å². The van der Waals surface area contributed by atoms with E-state index in [1.54, 1.807) is 24.3 Å². The fraction of sp³-hybridized carbons (Fsp3) is 0.0476. The number of ether oxygens (including phenoxy) is 2. The number of nitrogen functional groups attached to an aromatic ring is 2. The molecule has 0 fully saturated rings. The molecule has 0 saturated heterocycles. The largest absolute Gasteiger partial charge is 0.494 e. The van der Waals surface area contributed by atoms with Crippen LogP contribution in [0.1, 0.15) is 0 Å². The van der Waals surface area contributed by atoms with Crippen molar-refractivity contribution >= 4 is 32.9 Å². The molecule has 4 aromatic rings. The summed E-state index contributed by atoms with van der Waals surface area (Å²) in [6, 6.07) is 14.2. The quantitative estimate of drug-likeness (QED) is 0.384. The molecule has 0 radical (unpaired) electrons. The summed E-state index contributed by atoms with van der Waals surface area (Å²) in [5.74, 6) is -0.568. The Morgan fingerprint density at radius 2 is 1.19 bits per heavy atom.